The van der Waals surface area contributed by atoms with Gasteiger partial charge >= 0.3 is 0 Å². The second kappa shape index (κ2) is 4.38. The molecule has 0 amide bonds. The topological polar surface area (TPSA) is 51.8 Å². The summed E-state index contributed by atoms with van der Waals surface area (Å²) < 4.78 is 0. The van der Waals surface area contributed by atoms with Gasteiger partial charge in [-0.05, 0) is 17.7 Å². The molecule has 0 aliphatic rings. The van der Waals surface area contributed by atoms with E-state index in [0.29, 0.717) is 5.02 Å². The molecule has 76 valence electrons. The van der Waals surface area contributed by atoms with Crippen molar-refractivity contribution in [2.24, 2.45) is 5.73 Å². The molecule has 0 saturated carbocycles. The smallest absolute Gasteiger partial charge is 0.0799 e. The molecular weight excluding hydrogens is 210 g/mol. The van der Waals surface area contributed by atoms with Crippen molar-refractivity contribution in [1.82, 2.24) is 9.97 Å². The van der Waals surface area contributed by atoms with Crippen molar-refractivity contribution in [2.45, 2.75) is 6.04 Å². The van der Waals surface area contributed by atoms with Crippen LogP contribution in [0, 0.1) is 0 Å². The molecule has 1 unspecified atom stereocenters. The van der Waals surface area contributed by atoms with E-state index in [1.165, 1.54) is 0 Å². The Bertz CT molecular complexity index is 445. The maximum absolute atomic E-state index is 6.02. The van der Waals surface area contributed by atoms with Crippen molar-refractivity contribution in [2.75, 3.05) is 0 Å². The lowest BCUT2D eigenvalue weighted by molar-refractivity contribution is 0.818. The van der Waals surface area contributed by atoms with Crippen LogP contribution in [0.25, 0.3) is 0 Å². The van der Waals surface area contributed by atoms with E-state index in [1.54, 1.807) is 18.6 Å². The Morgan fingerprint density at radius 2 is 2.13 bits per heavy atom. The molecular formula is C11H10ClN3. The van der Waals surface area contributed by atoms with E-state index in [2.05, 4.69) is 9.97 Å². The maximum Gasteiger partial charge on any atom is 0.0799 e. The van der Waals surface area contributed by atoms with Crippen LogP contribution < -0.4 is 5.73 Å². The van der Waals surface area contributed by atoms with Crippen molar-refractivity contribution < 1.29 is 0 Å². The Kier molecular flexibility index (Phi) is 2.94. The highest BCUT2D eigenvalue weighted by Gasteiger charge is 2.09. The van der Waals surface area contributed by atoms with E-state index in [9.17, 15) is 0 Å². The molecule has 0 bridgehead atoms. The third-order valence-electron chi connectivity index (χ3n) is 2.11. The predicted molar refractivity (Wildman–Crippen MR) is 59.5 cm³/mol. The van der Waals surface area contributed by atoms with Crippen LogP contribution in [-0.4, -0.2) is 9.97 Å². The molecule has 2 N–H and O–H groups in total. The second-order valence-corrected chi connectivity index (χ2v) is 3.60. The van der Waals surface area contributed by atoms with Gasteiger partial charge < -0.3 is 5.73 Å². The monoisotopic (exact) mass is 219 g/mol. The molecule has 1 aromatic carbocycles. The zero-order valence-corrected chi connectivity index (χ0v) is 8.72. The summed E-state index contributed by atoms with van der Waals surface area (Å²) in [6, 6.07) is 7.16. The van der Waals surface area contributed by atoms with E-state index in [0.717, 1.165) is 11.3 Å². The number of hydrogen-bond acceptors (Lipinski definition) is 3. The summed E-state index contributed by atoms with van der Waals surface area (Å²) in [7, 11) is 0. The summed E-state index contributed by atoms with van der Waals surface area (Å²) in [5, 5.41) is 0.673. The van der Waals surface area contributed by atoms with E-state index in [1.807, 2.05) is 24.3 Å². The minimum atomic E-state index is -0.280. The van der Waals surface area contributed by atoms with Crippen LogP contribution in [0.1, 0.15) is 17.3 Å². The average molecular weight is 220 g/mol. The van der Waals surface area contributed by atoms with Gasteiger partial charge in [-0.25, -0.2) is 0 Å². The zero-order chi connectivity index (χ0) is 10.7. The quantitative estimate of drug-likeness (QED) is 0.842. The number of aromatic nitrogens is 2. The SMILES string of the molecule is NC(c1cccc(Cl)c1)c1cnccn1. The minimum Gasteiger partial charge on any atom is -0.319 e. The summed E-state index contributed by atoms with van der Waals surface area (Å²) in [4.78, 5) is 8.13. The maximum atomic E-state index is 6.02. The van der Waals surface area contributed by atoms with Crippen LogP contribution in [0.4, 0.5) is 0 Å². The van der Waals surface area contributed by atoms with Gasteiger partial charge in [0.25, 0.3) is 0 Å². The molecule has 3 nitrogen and oxygen atoms in total. The Morgan fingerprint density at radius 1 is 1.27 bits per heavy atom. The van der Waals surface area contributed by atoms with Crippen molar-refractivity contribution in [3.8, 4) is 0 Å². The van der Waals surface area contributed by atoms with Crippen LogP contribution in [0.2, 0.25) is 5.02 Å². The predicted octanol–water partition coefficient (Wildman–Crippen LogP) is 2.18. The van der Waals surface area contributed by atoms with Gasteiger partial charge in [0, 0.05) is 17.4 Å². The Labute approximate surface area is 92.9 Å². The molecule has 0 radical (unpaired) electrons. The van der Waals surface area contributed by atoms with E-state index in [-0.39, 0.29) is 6.04 Å². The minimum absolute atomic E-state index is 0.280. The molecule has 0 spiro atoms. The number of rotatable bonds is 2. The largest absolute Gasteiger partial charge is 0.319 e. The molecule has 1 heterocycles. The molecule has 1 aromatic heterocycles. The van der Waals surface area contributed by atoms with Crippen molar-refractivity contribution in [3.63, 3.8) is 0 Å². The van der Waals surface area contributed by atoms with Gasteiger partial charge in [0.2, 0.25) is 0 Å². The first kappa shape index (κ1) is 10.1. The summed E-state index contributed by atoms with van der Waals surface area (Å²) >= 11 is 5.88. The number of nitrogens with zero attached hydrogens (tertiary/aromatic N) is 2. The lowest BCUT2D eigenvalue weighted by Gasteiger charge is -2.10. The molecule has 0 aliphatic carbocycles. The van der Waals surface area contributed by atoms with Gasteiger partial charge in [0.05, 0.1) is 17.9 Å². The first-order valence-electron chi connectivity index (χ1n) is 4.54. The lowest BCUT2D eigenvalue weighted by Crippen LogP contribution is -2.13. The summed E-state index contributed by atoms with van der Waals surface area (Å²) in [5.41, 5.74) is 7.69. The van der Waals surface area contributed by atoms with Gasteiger partial charge in [0.15, 0.2) is 0 Å². The highest BCUT2D eigenvalue weighted by atomic mass is 35.5. The van der Waals surface area contributed by atoms with Crippen LogP contribution in [0.3, 0.4) is 0 Å². The molecule has 2 rings (SSSR count). The number of nitrogens with two attached hydrogens (primary N) is 1. The molecule has 15 heavy (non-hydrogen) atoms. The number of hydrogen-bond donors (Lipinski definition) is 1. The molecule has 4 heteroatoms. The Morgan fingerprint density at radius 3 is 2.80 bits per heavy atom. The Balaban J connectivity index is 2.32. The molecule has 0 saturated heterocycles. The number of benzene rings is 1. The van der Waals surface area contributed by atoms with Crippen molar-refractivity contribution >= 4 is 11.6 Å². The fraction of sp³-hybridized carbons (Fsp3) is 0.0909. The zero-order valence-electron chi connectivity index (χ0n) is 7.97. The highest BCUT2D eigenvalue weighted by Crippen LogP contribution is 2.19. The van der Waals surface area contributed by atoms with E-state index >= 15 is 0 Å². The van der Waals surface area contributed by atoms with Crippen LogP contribution in [0.15, 0.2) is 42.9 Å². The van der Waals surface area contributed by atoms with Gasteiger partial charge in [-0.2, -0.15) is 0 Å². The van der Waals surface area contributed by atoms with Crippen LogP contribution >= 0.6 is 11.6 Å². The first-order valence-corrected chi connectivity index (χ1v) is 4.92. The van der Waals surface area contributed by atoms with Gasteiger partial charge in [-0.3, -0.25) is 9.97 Å². The van der Waals surface area contributed by atoms with Crippen LogP contribution in [-0.2, 0) is 0 Å². The second-order valence-electron chi connectivity index (χ2n) is 3.16. The average Bonchev–Trinajstić information content (AvgIpc) is 2.29. The van der Waals surface area contributed by atoms with Gasteiger partial charge in [-0.1, -0.05) is 23.7 Å². The van der Waals surface area contributed by atoms with E-state index < -0.39 is 0 Å². The lowest BCUT2D eigenvalue weighted by atomic mass is 10.1. The standard InChI is InChI=1S/C11H10ClN3/c12-9-3-1-2-8(6-9)11(13)10-7-14-4-5-15-10/h1-7,11H,13H2. The summed E-state index contributed by atoms with van der Waals surface area (Å²) in [6.07, 6.45) is 4.90. The first-order chi connectivity index (χ1) is 7.27. The summed E-state index contributed by atoms with van der Waals surface area (Å²) in [5.74, 6) is 0. The molecule has 1 atom stereocenters. The van der Waals surface area contributed by atoms with E-state index in [4.69, 9.17) is 17.3 Å². The van der Waals surface area contributed by atoms with Gasteiger partial charge in [-0.15, -0.1) is 0 Å². The third kappa shape index (κ3) is 2.32. The fourth-order valence-corrected chi connectivity index (χ4v) is 1.54. The van der Waals surface area contributed by atoms with Gasteiger partial charge in [0.1, 0.15) is 0 Å². The summed E-state index contributed by atoms with van der Waals surface area (Å²) in [6.45, 7) is 0. The fourth-order valence-electron chi connectivity index (χ4n) is 1.34. The Hall–Kier alpha value is -1.45. The van der Waals surface area contributed by atoms with Crippen LogP contribution in [0.5, 0.6) is 0 Å². The highest BCUT2D eigenvalue weighted by molar-refractivity contribution is 6.30. The molecule has 2 aromatic rings. The van der Waals surface area contributed by atoms with Crippen molar-refractivity contribution in [1.29, 1.82) is 0 Å². The third-order valence-corrected chi connectivity index (χ3v) is 2.34. The normalized spacial score (nSPS) is 12.4. The van der Waals surface area contributed by atoms with Crippen molar-refractivity contribution in [3.05, 3.63) is 59.1 Å². The molecule has 0 fully saturated rings. The number of halogens is 1. The molecule has 0 aliphatic heterocycles.